The van der Waals surface area contributed by atoms with Crippen molar-refractivity contribution in [3.8, 4) is 0 Å². The molecule has 1 amide bonds. The van der Waals surface area contributed by atoms with Crippen LogP contribution in [-0.2, 0) is 4.79 Å². The molecule has 0 aliphatic heterocycles. The Hall–Kier alpha value is -0.570. The van der Waals surface area contributed by atoms with Crippen molar-refractivity contribution in [2.24, 2.45) is 11.7 Å². The number of primary amides is 1. The maximum absolute atomic E-state index is 10.7. The predicted molar refractivity (Wildman–Crippen MR) is 41.5 cm³/mol. The van der Waals surface area contributed by atoms with Gasteiger partial charge in [-0.3, -0.25) is 4.79 Å². The van der Waals surface area contributed by atoms with Gasteiger partial charge in [0.1, 0.15) is 0 Å². The van der Waals surface area contributed by atoms with Crippen molar-refractivity contribution in [1.82, 2.24) is 5.32 Å². The number of nitrogens with one attached hydrogen (secondary N) is 1. The third-order valence-corrected chi connectivity index (χ3v) is 1.83. The van der Waals surface area contributed by atoms with Gasteiger partial charge in [-0.1, -0.05) is 20.3 Å². The Morgan fingerprint density at radius 1 is 1.70 bits per heavy atom. The van der Waals surface area contributed by atoms with E-state index >= 15 is 0 Å². The highest BCUT2D eigenvalue weighted by Crippen LogP contribution is 2.05. The van der Waals surface area contributed by atoms with Gasteiger partial charge in [-0.2, -0.15) is 0 Å². The molecule has 0 fully saturated rings. The molecule has 0 aliphatic rings. The van der Waals surface area contributed by atoms with Crippen molar-refractivity contribution < 1.29 is 4.79 Å². The highest BCUT2D eigenvalue weighted by Gasteiger charge is 2.18. The monoisotopic (exact) mass is 144 g/mol. The molecule has 3 nitrogen and oxygen atoms in total. The van der Waals surface area contributed by atoms with E-state index in [1.165, 1.54) is 0 Å². The van der Waals surface area contributed by atoms with Crippen molar-refractivity contribution in [3.05, 3.63) is 0 Å². The van der Waals surface area contributed by atoms with E-state index in [2.05, 4.69) is 5.32 Å². The van der Waals surface area contributed by atoms with Gasteiger partial charge in [-0.05, 0) is 13.0 Å². The molecule has 10 heavy (non-hydrogen) atoms. The summed E-state index contributed by atoms with van der Waals surface area (Å²) in [5, 5.41) is 2.88. The van der Waals surface area contributed by atoms with Crippen LogP contribution < -0.4 is 11.1 Å². The molecule has 0 aromatic rings. The lowest BCUT2D eigenvalue weighted by Crippen LogP contribution is -2.43. The van der Waals surface area contributed by atoms with Gasteiger partial charge in [0.2, 0.25) is 5.91 Å². The van der Waals surface area contributed by atoms with E-state index in [0.29, 0.717) is 5.92 Å². The molecule has 0 heterocycles. The number of nitrogens with two attached hydrogens (primary N) is 1. The lowest BCUT2D eigenvalue weighted by Gasteiger charge is -2.18. The maximum atomic E-state index is 10.7. The lowest BCUT2D eigenvalue weighted by atomic mass is 9.99. The lowest BCUT2D eigenvalue weighted by molar-refractivity contribution is -0.121. The Morgan fingerprint density at radius 3 is 2.30 bits per heavy atom. The van der Waals surface area contributed by atoms with Gasteiger partial charge in [0.15, 0.2) is 0 Å². The minimum atomic E-state index is -0.267. The second kappa shape index (κ2) is 4.28. The fraction of sp³-hybridized carbons (Fsp3) is 0.857. The van der Waals surface area contributed by atoms with Crippen LogP contribution >= 0.6 is 0 Å². The molecule has 3 heteroatoms. The van der Waals surface area contributed by atoms with E-state index in [9.17, 15) is 4.79 Å². The van der Waals surface area contributed by atoms with E-state index in [1.54, 1.807) is 7.05 Å². The van der Waals surface area contributed by atoms with Gasteiger partial charge in [-0.15, -0.1) is 0 Å². The second-order valence-electron chi connectivity index (χ2n) is 2.55. The number of hydrogen-bond donors (Lipinski definition) is 2. The first kappa shape index (κ1) is 9.43. The molecule has 60 valence electrons. The van der Waals surface area contributed by atoms with Crippen LogP contribution in [0.4, 0.5) is 0 Å². The average molecular weight is 144 g/mol. The summed E-state index contributed by atoms with van der Waals surface area (Å²) in [6.45, 7) is 4.05. The topological polar surface area (TPSA) is 55.1 Å². The van der Waals surface area contributed by atoms with E-state index in [-0.39, 0.29) is 11.9 Å². The largest absolute Gasteiger partial charge is 0.368 e. The van der Waals surface area contributed by atoms with Crippen LogP contribution in [0.3, 0.4) is 0 Å². The number of carbonyl (C=O) groups excluding carboxylic acids is 1. The van der Waals surface area contributed by atoms with E-state index in [0.717, 1.165) is 6.42 Å². The summed E-state index contributed by atoms with van der Waals surface area (Å²) in [7, 11) is 1.75. The van der Waals surface area contributed by atoms with Crippen LogP contribution in [0.15, 0.2) is 0 Å². The van der Waals surface area contributed by atoms with Crippen molar-refractivity contribution >= 4 is 5.91 Å². The smallest absolute Gasteiger partial charge is 0.234 e. The summed E-state index contributed by atoms with van der Waals surface area (Å²) in [6, 6.07) is -0.176. The SMILES string of the molecule is CCC(C)[C@H](NC)C(N)=O. The summed E-state index contributed by atoms with van der Waals surface area (Å²) in [6.07, 6.45) is 0.967. The first-order chi connectivity index (χ1) is 4.63. The van der Waals surface area contributed by atoms with Gasteiger partial charge in [0.25, 0.3) is 0 Å². The molecule has 0 rings (SSSR count). The number of rotatable bonds is 4. The quantitative estimate of drug-likeness (QED) is 0.588. The van der Waals surface area contributed by atoms with E-state index in [4.69, 9.17) is 5.73 Å². The molecule has 1 unspecified atom stereocenters. The van der Waals surface area contributed by atoms with Crippen molar-refractivity contribution in [2.75, 3.05) is 7.05 Å². The summed E-state index contributed by atoms with van der Waals surface area (Å²) in [4.78, 5) is 10.7. The maximum Gasteiger partial charge on any atom is 0.234 e. The molecule has 0 aliphatic carbocycles. The predicted octanol–water partition coefficient (Wildman–Crippen LogP) is 0.106. The Labute approximate surface area is 62.0 Å². The van der Waals surface area contributed by atoms with Gasteiger partial charge >= 0.3 is 0 Å². The van der Waals surface area contributed by atoms with E-state index < -0.39 is 0 Å². The number of hydrogen-bond acceptors (Lipinski definition) is 2. The Kier molecular flexibility index (Phi) is 4.03. The highest BCUT2D eigenvalue weighted by molar-refractivity contribution is 5.80. The minimum absolute atomic E-state index is 0.176. The van der Waals surface area contributed by atoms with Gasteiger partial charge in [-0.25, -0.2) is 0 Å². The highest BCUT2D eigenvalue weighted by atomic mass is 16.1. The first-order valence-electron chi connectivity index (χ1n) is 3.60. The third-order valence-electron chi connectivity index (χ3n) is 1.83. The summed E-state index contributed by atoms with van der Waals surface area (Å²) in [5.74, 6) is 0.0550. The Morgan fingerprint density at radius 2 is 2.20 bits per heavy atom. The molecule has 2 atom stereocenters. The molecule has 0 radical (unpaired) electrons. The molecule has 0 spiro atoms. The van der Waals surface area contributed by atoms with Crippen molar-refractivity contribution in [3.63, 3.8) is 0 Å². The first-order valence-corrected chi connectivity index (χ1v) is 3.60. The minimum Gasteiger partial charge on any atom is -0.368 e. The molecular weight excluding hydrogens is 128 g/mol. The van der Waals surface area contributed by atoms with Gasteiger partial charge < -0.3 is 11.1 Å². The average Bonchev–Trinajstić information content (AvgIpc) is 1.88. The fourth-order valence-electron chi connectivity index (χ4n) is 0.943. The molecule has 3 N–H and O–H groups in total. The standard InChI is InChI=1S/C7H16N2O/c1-4-5(2)6(9-3)7(8)10/h5-6,9H,4H2,1-3H3,(H2,8,10)/t5?,6-/m0/s1. The van der Waals surface area contributed by atoms with Crippen LogP contribution in [0, 0.1) is 5.92 Å². The molecule has 0 saturated heterocycles. The molecule has 0 aromatic heterocycles. The van der Waals surface area contributed by atoms with Crippen molar-refractivity contribution in [2.45, 2.75) is 26.3 Å². The Balaban J connectivity index is 3.92. The fourth-order valence-corrected chi connectivity index (χ4v) is 0.943. The van der Waals surface area contributed by atoms with Crippen LogP contribution in [0.25, 0.3) is 0 Å². The van der Waals surface area contributed by atoms with Crippen LogP contribution in [0.1, 0.15) is 20.3 Å². The molecule has 0 aromatic carbocycles. The normalized spacial score (nSPS) is 16.3. The second-order valence-corrected chi connectivity index (χ2v) is 2.55. The number of likely N-dealkylation sites (N-methyl/N-ethyl adjacent to an activating group) is 1. The van der Waals surface area contributed by atoms with Crippen LogP contribution in [-0.4, -0.2) is 19.0 Å². The summed E-state index contributed by atoms with van der Waals surface area (Å²) >= 11 is 0. The summed E-state index contributed by atoms with van der Waals surface area (Å²) < 4.78 is 0. The van der Waals surface area contributed by atoms with Crippen molar-refractivity contribution in [1.29, 1.82) is 0 Å². The third kappa shape index (κ3) is 2.35. The van der Waals surface area contributed by atoms with Crippen LogP contribution in [0.2, 0.25) is 0 Å². The zero-order valence-electron chi connectivity index (χ0n) is 6.85. The number of amides is 1. The Bertz CT molecular complexity index is 114. The van der Waals surface area contributed by atoms with E-state index in [1.807, 2.05) is 13.8 Å². The molecule has 0 saturated carbocycles. The zero-order valence-corrected chi connectivity index (χ0v) is 6.85. The number of carbonyl (C=O) groups is 1. The van der Waals surface area contributed by atoms with Gasteiger partial charge in [0, 0.05) is 0 Å². The molecular formula is C7H16N2O. The zero-order chi connectivity index (χ0) is 8.15. The summed E-state index contributed by atoms with van der Waals surface area (Å²) in [5.41, 5.74) is 5.12. The van der Waals surface area contributed by atoms with Crippen LogP contribution in [0.5, 0.6) is 0 Å². The van der Waals surface area contributed by atoms with Gasteiger partial charge in [0.05, 0.1) is 6.04 Å². The molecule has 0 bridgehead atoms.